The van der Waals surface area contributed by atoms with Gasteiger partial charge in [-0.05, 0) is 25.0 Å². The molecular formula is C12H16N2O3. The molecule has 0 spiro atoms. The zero-order valence-corrected chi connectivity index (χ0v) is 9.48. The second-order valence-corrected chi connectivity index (χ2v) is 4.17. The predicted molar refractivity (Wildman–Crippen MR) is 64.7 cm³/mol. The van der Waals surface area contributed by atoms with Crippen LogP contribution in [0.25, 0.3) is 0 Å². The van der Waals surface area contributed by atoms with Gasteiger partial charge in [0.05, 0.1) is 23.9 Å². The van der Waals surface area contributed by atoms with Crippen molar-refractivity contribution in [1.29, 1.82) is 0 Å². The minimum absolute atomic E-state index is 0.0814. The number of nitrogen functional groups attached to an aromatic ring is 1. The number of nitrogens with two attached hydrogens (primary N) is 1. The topological polar surface area (TPSA) is 84.6 Å². The van der Waals surface area contributed by atoms with Crippen LogP contribution in [0.4, 0.5) is 11.4 Å². The van der Waals surface area contributed by atoms with E-state index in [1.807, 2.05) is 0 Å². The second kappa shape index (κ2) is 5.05. The van der Waals surface area contributed by atoms with E-state index in [4.69, 9.17) is 10.5 Å². The quantitative estimate of drug-likeness (QED) is 0.534. The first kappa shape index (κ1) is 11.7. The Kier molecular flexibility index (Phi) is 3.49. The first-order valence-corrected chi connectivity index (χ1v) is 5.64. The third kappa shape index (κ3) is 2.88. The van der Waals surface area contributed by atoms with Gasteiger partial charge in [0.2, 0.25) is 5.91 Å². The Morgan fingerprint density at radius 3 is 3.00 bits per heavy atom. The van der Waals surface area contributed by atoms with E-state index in [1.54, 1.807) is 6.07 Å². The number of carbonyl (C=O) groups excluding carboxylic acids is 1. The van der Waals surface area contributed by atoms with Crippen LogP contribution in [0.15, 0.2) is 18.2 Å². The Labute approximate surface area is 99.6 Å². The lowest BCUT2D eigenvalue weighted by molar-refractivity contribution is -0.123. The van der Waals surface area contributed by atoms with Crippen molar-refractivity contribution < 1.29 is 14.6 Å². The van der Waals surface area contributed by atoms with E-state index in [0.717, 1.165) is 19.4 Å². The van der Waals surface area contributed by atoms with Crippen LogP contribution in [0.3, 0.4) is 0 Å². The van der Waals surface area contributed by atoms with E-state index in [1.165, 1.54) is 12.1 Å². The normalized spacial score (nSPS) is 19.9. The van der Waals surface area contributed by atoms with Crippen molar-refractivity contribution in [3.8, 4) is 5.75 Å². The van der Waals surface area contributed by atoms with Gasteiger partial charge in [-0.25, -0.2) is 0 Å². The minimum Gasteiger partial charge on any atom is -0.508 e. The van der Waals surface area contributed by atoms with Crippen molar-refractivity contribution in [2.24, 2.45) is 5.92 Å². The Balaban J connectivity index is 2.02. The molecule has 1 aliphatic heterocycles. The third-order valence-electron chi connectivity index (χ3n) is 2.82. The lowest BCUT2D eigenvalue weighted by Crippen LogP contribution is -2.30. The van der Waals surface area contributed by atoms with E-state index >= 15 is 0 Å². The number of phenolic OH excluding ortho intramolecular Hbond substituents is 1. The highest BCUT2D eigenvalue weighted by molar-refractivity contribution is 5.95. The summed E-state index contributed by atoms with van der Waals surface area (Å²) in [4.78, 5) is 11.9. The van der Waals surface area contributed by atoms with Crippen LogP contribution in [-0.4, -0.2) is 24.2 Å². The van der Waals surface area contributed by atoms with Gasteiger partial charge in [0.15, 0.2) is 0 Å². The fraction of sp³-hybridized carbons (Fsp3) is 0.417. The SMILES string of the molecule is Nc1cc(O)ccc1NC(=O)C1CCCOC1. The molecular weight excluding hydrogens is 220 g/mol. The number of hydrogen-bond donors (Lipinski definition) is 3. The van der Waals surface area contributed by atoms with Crippen molar-refractivity contribution in [1.82, 2.24) is 0 Å². The Morgan fingerprint density at radius 2 is 2.35 bits per heavy atom. The highest BCUT2D eigenvalue weighted by atomic mass is 16.5. The first-order valence-electron chi connectivity index (χ1n) is 5.64. The minimum atomic E-state index is -0.114. The number of hydrogen-bond acceptors (Lipinski definition) is 4. The van der Waals surface area contributed by atoms with E-state index in [-0.39, 0.29) is 17.6 Å². The molecule has 1 heterocycles. The van der Waals surface area contributed by atoms with Gasteiger partial charge in [-0.2, -0.15) is 0 Å². The molecule has 5 nitrogen and oxygen atoms in total. The lowest BCUT2D eigenvalue weighted by atomic mass is 10.0. The van der Waals surface area contributed by atoms with Crippen LogP contribution < -0.4 is 11.1 Å². The standard InChI is InChI=1S/C12H16N2O3/c13-10-6-9(15)3-4-11(10)14-12(16)8-2-1-5-17-7-8/h3-4,6,8,15H,1-2,5,7,13H2,(H,14,16). The van der Waals surface area contributed by atoms with E-state index in [2.05, 4.69) is 5.32 Å². The van der Waals surface area contributed by atoms with Crippen LogP contribution in [0.2, 0.25) is 0 Å². The Bertz CT molecular complexity index is 414. The molecule has 1 aromatic rings. The molecule has 1 aliphatic rings. The third-order valence-corrected chi connectivity index (χ3v) is 2.82. The van der Waals surface area contributed by atoms with Gasteiger partial charge in [-0.3, -0.25) is 4.79 Å². The van der Waals surface area contributed by atoms with Gasteiger partial charge < -0.3 is 20.9 Å². The fourth-order valence-electron chi connectivity index (χ4n) is 1.85. The molecule has 1 amide bonds. The van der Waals surface area contributed by atoms with E-state index in [9.17, 15) is 9.90 Å². The van der Waals surface area contributed by atoms with E-state index in [0.29, 0.717) is 18.0 Å². The molecule has 92 valence electrons. The number of amides is 1. The Hall–Kier alpha value is -1.75. The van der Waals surface area contributed by atoms with Gasteiger partial charge in [-0.15, -0.1) is 0 Å². The zero-order valence-electron chi connectivity index (χ0n) is 9.48. The number of aromatic hydroxyl groups is 1. The summed E-state index contributed by atoms with van der Waals surface area (Å²) in [5.74, 6) is -0.111. The van der Waals surface area contributed by atoms with Crippen molar-refractivity contribution >= 4 is 17.3 Å². The number of carbonyl (C=O) groups is 1. The molecule has 0 aromatic heterocycles. The van der Waals surface area contributed by atoms with Crippen LogP contribution in [0, 0.1) is 5.92 Å². The van der Waals surface area contributed by atoms with E-state index < -0.39 is 0 Å². The number of phenols is 1. The summed E-state index contributed by atoms with van der Waals surface area (Å²) in [6.07, 6.45) is 1.74. The summed E-state index contributed by atoms with van der Waals surface area (Å²) < 4.78 is 5.26. The number of ether oxygens (including phenoxy) is 1. The van der Waals surface area contributed by atoms with Gasteiger partial charge in [0.1, 0.15) is 5.75 Å². The maximum Gasteiger partial charge on any atom is 0.229 e. The summed E-state index contributed by atoms with van der Waals surface area (Å²) in [6.45, 7) is 1.19. The second-order valence-electron chi connectivity index (χ2n) is 4.17. The average Bonchev–Trinajstić information content (AvgIpc) is 2.34. The van der Waals surface area contributed by atoms with Crippen LogP contribution >= 0.6 is 0 Å². The van der Waals surface area contributed by atoms with Crippen LogP contribution in [0.1, 0.15) is 12.8 Å². The molecule has 4 N–H and O–H groups in total. The number of benzene rings is 1. The van der Waals surface area contributed by atoms with Crippen LogP contribution in [0.5, 0.6) is 5.75 Å². The number of rotatable bonds is 2. The van der Waals surface area contributed by atoms with Gasteiger partial charge in [-0.1, -0.05) is 0 Å². The molecule has 1 atom stereocenters. The molecule has 0 aliphatic carbocycles. The van der Waals surface area contributed by atoms with Crippen molar-refractivity contribution in [3.05, 3.63) is 18.2 Å². The molecule has 1 saturated heterocycles. The smallest absolute Gasteiger partial charge is 0.229 e. The Morgan fingerprint density at radius 1 is 1.53 bits per heavy atom. The molecule has 17 heavy (non-hydrogen) atoms. The van der Waals surface area contributed by atoms with Crippen molar-refractivity contribution in [3.63, 3.8) is 0 Å². The van der Waals surface area contributed by atoms with Crippen molar-refractivity contribution in [2.75, 3.05) is 24.3 Å². The molecule has 0 bridgehead atoms. The summed E-state index contributed by atoms with van der Waals surface area (Å²) in [6, 6.07) is 4.49. The molecule has 1 fully saturated rings. The highest BCUT2D eigenvalue weighted by Gasteiger charge is 2.22. The van der Waals surface area contributed by atoms with Gasteiger partial charge in [0, 0.05) is 12.7 Å². The monoisotopic (exact) mass is 236 g/mol. The highest BCUT2D eigenvalue weighted by Crippen LogP contribution is 2.24. The molecule has 0 saturated carbocycles. The molecule has 5 heteroatoms. The first-order chi connectivity index (χ1) is 8.16. The lowest BCUT2D eigenvalue weighted by Gasteiger charge is -2.21. The molecule has 2 rings (SSSR count). The molecule has 1 unspecified atom stereocenters. The molecule has 0 radical (unpaired) electrons. The number of nitrogens with one attached hydrogen (secondary N) is 1. The predicted octanol–water partition coefficient (Wildman–Crippen LogP) is 1.34. The van der Waals surface area contributed by atoms with Crippen LogP contribution in [-0.2, 0) is 9.53 Å². The van der Waals surface area contributed by atoms with Gasteiger partial charge in [0.25, 0.3) is 0 Å². The fourth-order valence-corrected chi connectivity index (χ4v) is 1.85. The van der Waals surface area contributed by atoms with Crippen molar-refractivity contribution in [2.45, 2.75) is 12.8 Å². The summed E-state index contributed by atoms with van der Waals surface area (Å²) in [5, 5.41) is 12.0. The maximum atomic E-state index is 11.9. The summed E-state index contributed by atoms with van der Waals surface area (Å²) >= 11 is 0. The largest absolute Gasteiger partial charge is 0.508 e. The summed E-state index contributed by atoms with van der Waals surface area (Å²) in [5.41, 5.74) is 6.58. The average molecular weight is 236 g/mol. The maximum absolute atomic E-state index is 11.9. The summed E-state index contributed by atoms with van der Waals surface area (Å²) in [7, 11) is 0. The molecule has 1 aromatic carbocycles. The zero-order chi connectivity index (χ0) is 12.3. The number of anilines is 2. The van der Waals surface area contributed by atoms with Gasteiger partial charge >= 0.3 is 0 Å².